The number of methoxy groups -OCH3 is 3. The lowest BCUT2D eigenvalue weighted by atomic mass is 9.75. The number of fused-ring (bicyclic) bond motifs is 5. The summed E-state index contributed by atoms with van der Waals surface area (Å²) >= 11 is 0. The Labute approximate surface area is 201 Å². The van der Waals surface area contributed by atoms with E-state index in [0.717, 1.165) is 52.9 Å². The molecule has 3 aromatic carbocycles. The lowest BCUT2D eigenvalue weighted by Crippen LogP contribution is -2.29. The van der Waals surface area contributed by atoms with Gasteiger partial charge in [0, 0.05) is 17.0 Å². The second-order valence-electron chi connectivity index (χ2n) is 8.90. The molecule has 2 heterocycles. The topological polar surface area (TPSA) is 49.3 Å². The van der Waals surface area contributed by atoms with Crippen molar-refractivity contribution in [3.8, 4) is 23.0 Å². The zero-order chi connectivity index (χ0) is 23.5. The summed E-state index contributed by atoms with van der Waals surface area (Å²) in [6.45, 7) is 0.766. The van der Waals surface area contributed by atoms with E-state index in [9.17, 15) is 0 Å². The van der Waals surface area contributed by atoms with Crippen LogP contribution in [0.1, 0.15) is 53.9 Å². The zero-order valence-electron chi connectivity index (χ0n) is 20.0. The Morgan fingerprint density at radius 2 is 1.59 bits per heavy atom. The minimum absolute atomic E-state index is 0.353. The SMILES string of the molecule is COc1ccc(C2=NC3CCCCC3c3cc(OC)c(OC)cc32)cc1.c1cc2cc(c1)OC2. The second kappa shape index (κ2) is 9.80. The molecule has 0 N–H and O–H groups in total. The predicted octanol–water partition coefficient (Wildman–Crippen LogP) is 6.17. The molecule has 1 saturated carbocycles. The Kier molecular flexibility index (Phi) is 6.43. The molecule has 1 aliphatic carbocycles. The first-order valence-corrected chi connectivity index (χ1v) is 11.9. The molecule has 2 bridgehead atoms. The van der Waals surface area contributed by atoms with Gasteiger partial charge >= 0.3 is 0 Å². The standard InChI is InChI=1S/C22H25NO3.C7H6O/c1-24-15-10-8-14(9-11-15)22-18-13-21(26-3)20(25-2)12-17(18)16-6-4-5-7-19(16)23-22;1-2-6-4-7(3-1)8-5-6/h8-13,16,19H,4-7H2,1-3H3;1-4H,5H2. The highest BCUT2D eigenvalue weighted by Gasteiger charge is 2.34. The molecule has 0 spiro atoms. The minimum atomic E-state index is 0.353. The summed E-state index contributed by atoms with van der Waals surface area (Å²) in [5.74, 6) is 3.88. The normalized spacial score (nSPS) is 19.4. The third-order valence-electron chi connectivity index (χ3n) is 6.90. The Balaban J connectivity index is 0.000000252. The molecular weight excluding hydrogens is 426 g/mol. The van der Waals surface area contributed by atoms with Gasteiger partial charge in [0.2, 0.25) is 0 Å². The van der Waals surface area contributed by atoms with Crippen LogP contribution in [0.2, 0.25) is 0 Å². The summed E-state index contributed by atoms with van der Waals surface area (Å²) < 4.78 is 21.6. The van der Waals surface area contributed by atoms with Gasteiger partial charge in [0.25, 0.3) is 0 Å². The lowest BCUT2D eigenvalue weighted by molar-refractivity contribution is 0.328. The first-order chi connectivity index (χ1) is 16.7. The zero-order valence-corrected chi connectivity index (χ0v) is 20.0. The second-order valence-corrected chi connectivity index (χ2v) is 8.90. The highest BCUT2D eigenvalue weighted by Crippen LogP contribution is 2.44. The van der Waals surface area contributed by atoms with E-state index in [0.29, 0.717) is 12.0 Å². The number of rotatable bonds is 4. The maximum Gasteiger partial charge on any atom is 0.161 e. The van der Waals surface area contributed by atoms with Crippen LogP contribution >= 0.6 is 0 Å². The quantitative estimate of drug-likeness (QED) is 0.470. The van der Waals surface area contributed by atoms with Crippen LogP contribution in [-0.2, 0) is 6.61 Å². The van der Waals surface area contributed by atoms with Gasteiger partial charge in [0.1, 0.15) is 18.1 Å². The molecule has 176 valence electrons. The fourth-order valence-corrected chi connectivity index (χ4v) is 5.14. The van der Waals surface area contributed by atoms with Gasteiger partial charge in [-0.15, -0.1) is 0 Å². The van der Waals surface area contributed by atoms with Gasteiger partial charge in [-0.25, -0.2) is 0 Å². The third-order valence-corrected chi connectivity index (χ3v) is 6.90. The molecule has 2 unspecified atom stereocenters. The van der Waals surface area contributed by atoms with Crippen LogP contribution in [0.25, 0.3) is 0 Å². The first-order valence-electron chi connectivity index (χ1n) is 11.9. The van der Waals surface area contributed by atoms with E-state index in [-0.39, 0.29) is 0 Å². The Bertz CT molecular complexity index is 1170. The molecule has 6 rings (SSSR count). The number of hydrogen-bond acceptors (Lipinski definition) is 5. The molecule has 2 aliphatic heterocycles. The molecule has 34 heavy (non-hydrogen) atoms. The molecule has 0 amide bonds. The van der Waals surface area contributed by atoms with Gasteiger partial charge in [-0.1, -0.05) is 25.0 Å². The summed E-state index contributed by atoms with van der Waals surface area (Å²) in [5.41, 5.74) is 5.95. The van der Waals surface area contributed by atoms with Crippen LogP contribution in [0.5, 0.6) is 23.0 Å². The largest absolute Gasteiger partial charge is 0.497 e. The lowest BCUT2D eigenvalue weighted by Gasteiger charge is -2.35. The molecule has 5 nitrogen and oxygen atoms in total. The molecule has 0 aromatic heterocycles. The summed E-state index contributed by atoms with van der Waals surface area (Å²) in [5, 5.41) is 0. The van der Waals surface area contributed by atoms with Crippen LogP contribution in [0, 0.1) is 0 Å². The molecule has 3 aliphatic rings. The van der Waals surface area contributed by atoms with E-state index in [1.807, 2.05) is 24.3 Å². The highest BCUT2D eigenvalue weighted by molar-refractivity contribution is 6.15. The average molecular weight is 458 g/mol. The van der Waals surface area contributed by atoms with Crippen molar-refractivity contribution < 1.29 is 18.9 Å². The maximum atomic E-state index is 5.57. The van der Waals surface area contributed by atoms with Gasteiger partial charge in [-0.3, -0.25) is 4.99 Å². The summed E-state index contributed by atoms with van der Waals surface area (Å²) in [6, 6.07) is 20.9. The maximum absolute atomic E-state index is 5.57. The predicted molar refractivity (Wildman–Crippen MR) is 134 cm³/mol. The van der Waals surface area contributed by atoms with Crippen molar-refractivity contribution in [3.63, 3.8) is 0 Å². The third kappa shape index (κ3) is 4.35. The van der Waals surface area contributed by atoms with Crippen molar-refractivity contribution in [1.29, 1.82) is 0 Å². The Morgan fingerprint density at radius 1 is 0.824 bits per heavy atom. The monoisotopic (exact) mass is 457 g/mol. The Hall–Kier alpha value is -3.47. The van der Waals surface area contributed by atoms with Crippen molar-refractivity contribution in [2.75, 3.05) is 21.3 Å². The van der Waals surface area contributed by atoms with Crippen LogP contribution in [0.15, 0.2) is 65.7 Å². The van der Waals surface area contributed by atoms with Crippen LogP contribution in [0.4, 0.5) is 0 Å². The van der Waals surface area contributed by atoms with Crippen molar-refractivity contribution in [3.05, 3.63) is 82.9 Å². The van der Waals surface area contributed by atoms with Gasteiger partial charge in [0.05, 0.1) is 33.1 Å². The van der Waals surface area contributed by atoms with E-state index < -0.39 is 0 Å². The van der Waals surface area contributed by atoms with E-state index in [2.05, 4.69) is 36.4 Å². The molecule has 1 fully saturated rings. The van der Waals surface area contributed by atoms with Crippen molar-refractivity contribution in [2.45, 2.75) is 44.2 Å². The number of nitrogens with zero attached hydrogens (tertiary/aromatic N) is 1. The fourth-order valence-electron chi connectivity index (χ4n) is 5.14. The highest BCUT2D eigenvalue weighted by atomic mass is 16.5. The molecule has 2 atom stereocenters. The van der Waals surface area contributed by atoms with E-state index in [4.69, 9.17) is 23.9 Å². The molecule has 3 aromatic rings. The number of ether oxygens (including phenoxy) is 4. The van der Waals surface area contributed by atoms with Gasteiger partial charge in [-0.05, 0) is 72.5 Å². The number of aliphatic imine (C=N–C) groups is 1. The van der Waals surface area contributed by atoms with Crippen molar-refractivity contribution in [1.82, 2.24) is 0 Å². The van der Waals surface area contributed by atoms with E-state index in [1.54, 1.807) is 21.3 Å². The first kappa shape index (κ1) is 22.3. The van der Waals surface area contributed by atoms with Crippen LogP contribution in [0.3, 0.4) is 0 Å². The van der Waals surface area contributed by atoms with Crippen molar-refractivity contribution >= 4 is 5.71 Å². The smallest absolute Gasteiger partial charge is 0.161 e. The number of benzene rings is 3. The van der Waals surface area contributed by atoms with E-state index in [1.165, 1.54) is 30.4 Å². The molecule has 5 heteroatoms. The summed E-state index contributed by atoms with van der Waals surface area (Å²) in [4.78, 5) is 5.18. The average Bonchev–Trinajstić information content (AvgIpc) is 3.24. The fraction of sp³-hybridized carbons (Fsp3) is 0.345. The minimum Gasteiger partial charge on any atom is -0.497 e. The molecule has 0 saturated heterocycles. The Morgan fingerprint density at radius 3 is 2.29 bits per heavy atom. The summed E-state index contributed by atoms with van der Waals surface area (Å²) in [6.07, 6.45) is 4.86. The molecular formula is C29H31NO4. The molecule has 0 radical (unpaired) electrons. The van der Waals surface area contributed by atoms with Crippen molar-refractivity contribution in [2.24, 2.45) is 4.99 Å². The van der Waals surface area contributed by atoms with Crippen LogP contribution in [-0.4, -0.2) is 33.1 Å². The van der Waals surface area contributed by atoms with Gasteiger partial charge in [0.15, 0.2) is 11.5 Å². The van der Waals surface area contributed by atoms with Gasteiger partial charge < -0.3 is 18.9 Å². The summed E-state index contributed by atoms with van der Waals surface area (Å²) in [7, 11) is 5.07. The van der Waals surface area contributed by atoms with Gasteiger partial charge in [-0.2, -0.15) is 0 Å². The number of hydrogen-bond donors (Lipinski definition) is 0. The van der Waals surface area contributed by atoms with Crippen LogP contribution < -0.4 is 18.9 Å². The van der Waals surface area contributed by atoms with E-state index >= 15 is 0 Å².